The molecule has 0 amide bonds. The molecule has 4 nitrogen and oxygen atoms in total. The summed E-state index contributed by atoms with van der Waals surface area (Å²) < 4.78 is 25.5. The maximum absolute atomic E-state index is 11.9. The molecule has 0 aromatic heterocycles. The van der Waals surface area contributed by atoms with Crippen molar-refractivity contribution in [2.75, 3.05) is 18.8 Å². The van der Waals surface area contributed by atoms with E-state index in [-0.39, 0.29) is 17.3 Å². The van der Waals surface area contributed by atoms with Crippen LogP contribution in [0, 0.1) is 0 Å². The first-order valence-electron chi connectivity index (χ1n) is 5.00. The molecule has 1 N–H and O–H groups in total. The molecule has 0 saturated carbocycles. The summed E-state index contributed by atoms with van der Waals surface area (Å²) >= 11 is 0. The van der Waals surface area contributed by atoms with E-state index in [2.05, 4.69) is 5.32 Å². The van der Waals surface area contributed by atoms with Gasteiger partial charge in [0.1, 0.15) is 0 Å². The highest BCUT2D eigenvalue weighted by Gasteiger charge is 2.39. The third kappa shape index (κ3) is 2.27. The van der Waals surface area contributed by atoms with Gasteiger partial charge in [-0.25, -0.2) is 8.42 Å². The SMILES string of the molecule is CC(C)N1C(C)(C)CNCCS1(=O)=O. The number of rotatable bonds is 1. The Morgan fingerprint density at radius 1 is 1.36 bits per heavy atom. The highest BCUT2D eigenvalue weighted by atomic mass is 32.2. The topological polar surface area (TPSA) is 49.4 Å². The van der Waals surface area contributed by atoms with E-state index in [0.29, 0.717) is 13.1 Å². The van der Waals surface area contributed by atoms with Crippen LogP contribution in [-0.2, 0) is 10.0 Å². The Bertz CT molecular complexity index is 296. The van der Waals surface area contributed by atoms with Crippen LogP contribution >= 0.6 is 0 Å². The summed E-state index contributed by atoms with van der Waals surface area (Å²) in [6.07, 6.45) is 0. The summed E-state index contributed by atoms with van der Waals surface area (Å²) in [4.78, 5) is 0. The van der Waals surface area contributed by atoms with Crippen LogP contribution in [0.5, 0.6) is 0 Å². The molecule has 0 atom stereocenters. The fourth-order valence-corrected chi connectivity index (χ4v) is 4.23. The molecule has 0 aromatic carbocycles. The minimum atomic E-state index is -3.10. The number of nitrogens with zero attached hydrogens (tertiary/aromatic N) is 1. The maximum Gasteiger partial charge on any atom is 0.216 e. The van der Waals surface area contributed by atoms with Crippen LogP contribution in [0.25, 0.3) is 0 Å². The zero-order valence-corrected chi connectivity index (χ0v) is 10.2. The van der Waals surface area contributed by atoms with E-state index >= 15 is 0 Å². The van der Waals surface area contributed by atoms with E-state index in [0.717, 1.165) is 0 Å². The van der Waals surface area contributed by atoms with Crippen molar-refractivity contribution in [2.45, 2.75) is 39.3 Å². The molecular formula is C9H20N2O2S. The molecule has 1 fully saturated rings. The lowest BCUT2D eigenvalue weighted by Crippen LogP contribution is -2.53. The van der Waals surface area contributed by atoms with Crippen LogP contribution < -0.4 is 5.32 Å². The van der Waals surface area contributed by atoms with Crippen molar-refractivity contribution in [3.63, 3.8) is 0 Å². The Kier molecular flexibility index (Phi) is 3.23. The monoisotopic (exact) mass is 220 g/mol. The fraction of sp³-hybridized carbons (Fsp3) is 1.00. The van der Waals surface area contributed by atoms with E-state index in [1.807, 2.05) is 27.7 Å². The Morgan fingerprint density at radius 3 is 2.43 bits per heavy atom. The van der Waals surface area contributed by atoms with Crippen LogP contribution in [0.15, 0.2) is 0 Å². The maximum atomic E-state index is 11.9. The lowest BCUT2D eigenvalue weighted by molar-refractivity contribution is 0.193. The first-order valence-corrected chi connectivity index (χ1v) is 6.61. The van der Waals surface area contributed by atoms with Crippen molar-refractivity contribution < 1.29 is 8.42 Å². The largest absolute Gasteiger partial charge is 0.314 e. The van der Waals surface area contributed by atoms with Crippen molar-refractivity contribution in [3.05, 3.63) is 0 Å². The first-order chi connectivity index (χ1) is 6.27. The van der Waals surface area contributed by atoms with E-state index in [1.54, 1.807) is 4.31 Å². The van der Waals surface area contributed by atoms with Crippen LogP contribution in [0.4, 0.5) is 0 Å². The summed E-state index contributed by atoms with van der Waals surface area (Å²) in [6, 6.07) is 0.0231. The van der Waals surface area contributed by atoms with Gasteiger partial charge >= 0.3 is 0 Å². The van der Waals surface area contributed by atoms with Gasteiger partial charge in [-0.15, -0.1) is 0 Å². The van der Waals surface area contributed by atoms with Crippen molar-refractivity contribution in [1.29, 1.82) is 0 Å². The van der Waals surface area contributed by atoms with E-state index in [4.69, 9.17) is 0 Å². The van der Waals surface area contributed by atoms with Crippen molar-refractivity contribution in [1.82, 2.24) is 9.62 Å². The van der Waals surface area contributed by atoms with E-state index < -0.39 is 10.0 Å². The lowest BCUT2D eigenvalue weighted by atomic mass is 10.0. The molecule has 0 spiro atoms. The molecule has 0 radical (unpaired) electrons. The minimum Gasteiger partial charge on any atom is -0.314 e. The molecule has 0 unspecified atom stereocenters. The molecule has 0 bridgehead atoms. The van der Waals surface area contributed by atoms with Gasteiger partial charge in [0.15, 0.2) is 0 Å². The number of sulfonamides is 1. The lowest BCUT2D eigenvalue weighted by Gasteiger charge is -2.38. The Hall–Kier alpha value is -0.130. The molecule has 0 aromatic rings. The summed E-state index contributed by atoms with van der Waals surface area (Å²) in [5, 5.41) is 3.16. The quantitative estimate of drug-likeness (QED) is 0.696. The molecule has 1 aliphatic heterocycles. The molecule has 1 aliphatic rings. The van der Waals surface area contributed by atoms with Crippen LogP contribution in [-0.4, -0.2) is 43.1 Å². The molecule has 84 valence electrons. The summed E-state index contributed by atoms with van der Waals surface area (Å²) in [7, 11) is -3.10. The van der Waals surface area contributed by atoms with Gasteiger partial charge in [0.2, 0.25) is 10.0 Å². The van der Waals surface area contributed by atoms with Gasteiger partial charge in [-0.1, -0.05) is 0 Å². The van der Waals surface area contributed by atoms with Gasteiger partial charge in [-0.3, -0.25) is 0 Å². The summed E-state index contributed by atoms with van der Waals surface area (Å²) in [5.41, 5.74) is -0.330. The first kappa shape index (κ1) is 11.9. The highest BCUT2D eigenvalue weighted by Crippen LogP contribution is 2.23. The van der Waals surface area contributed by atoms with E-state index in [9.17, 15) is 8.42 Å². The van der Waals surface area contributed by atoms with Crippen molar-refractivity contribution in [3.8, 4) is 0 Å². The van der Waals surface area contributed by atoms with Gasteiger partial charge in [0, 0.05) is 24.7 Å². The average molecular weight is 220 g/mol. The van der Waals surface area contributed by atoms with Crippen LogP contribution in [0.1, 0.15) is 27.7 Å². The third-order valence-electron chi connectivity index (χ3n) is 2.46. The van der Waals surface area contributed by atoms with Gasteiger partial charge in [-0.05, 0) is 27.7 Å². The average Bonchev–Trinajstić information content (AvgIpc) is 2.04. The summed E-state index contributed by atoms with van der Waals surface area (Å²) in [5.74, 6) is 0.203. The third-order valence-corrected chi connectivity index (χ3v) is 4.70. The second kappa shape index (κ2) is 3.79. The van der Waals surface area contributed by atoms with Crippen molar-refractivity contribution in [2.24, 2.45) is 0 Å². The predicted octanol–water partition coefficient (Wildman–Crippen LogP) is 0.408. The minimum absolute atomic E-state index is 0.0231. The van der Waals surface area contributed by atoms with Crippen LogP contribution in [0.3, 0.4) is 0 Å². The molecule has 1 rings (SSSR count). The molecular weight excluding hydrogens is 200 g/mol. The molecule has 1 saturated heterocycles. The zero-order chi connectivity index (χ0) is 11.0. The molecule has 14 heavy (non-hydrogen) atoms. The second-order valence-electron chi connectivity index (χ2n) is 4.69. The number of hydrogen-bond donors (Lipinski definition) is 1. The standard InChI is InChI=1S/C9H20N2O2S/c1-8(2)11-9(3,4)7-10-5-6-14(11,12)13/h8,10H,5-7H2,1-4H3. The number of hydrogen-bond acceptors (Lipinski definition) is 3. The zero-order valence-electron chi connectivity index (χ0n) is 9.37. The Balaban J connectivity index is 3.10. The molecule has 5 heteroatoms. The van der Waals surface area contributed by atoms with Gasteiger partial charge < -0.3 is 5.32 Å². The van der Waals surface area contributed by atoms with Gasteiger partial charge in [0.05, 0.1) is 5.75 Å². The molecule has 0 aliphatic carbocycles. The fourth-order valence-electron chi connectivity index (χ4n) is 2.17. The van der Waals surface area contributed by atoms with Gasteiger partial charge in [-0.2, -0.15) is 4.31 Å². The normalized spacial score (nSPS) is 27.5. The molecule has 1 heterocycles. The smallest absolute Gasteiger partial charge is 0.216 e. The van der Waals surface area contributed by atoms with Crippen molar-refractivity contribution >= 4 is 10.0 Å². The van der Waals surface area contributed by atoms with E-state index in [1.165, 1.54) is 0 Å². The Labute approximate surface area is 86.7 Å². The highest BCUT2D eigenvalue weighted by molar-refractivity contribution is 7.89. The predicted molar refractivity (Wildman–Crippen MR) is 57.7 cm³/mol. The second-order valence-corrected chi connectivity index (χ2v) is 6.66. The summed E-state index contributed by atoms with van der Waals surface area (Å²) in [6.45, 7) is 9.03. The van der Waals surface area contributed by atoms with Gasteiger partial charge in [0.25, 0.3) is 0 Å². The Morgan fingerprint density at radius 2 is 1.93 bits per heavy atom. The van der Waals surface area contributed by atoms with Crippen LogP contribution in [0.2, 0.25) is 0 Å². The number of nitrogens with one attached hydrogen (secondary N) is 1.